The molecule has 0 heterocycles. The van der Waals surface area contributed by atoms with Crippen molar-refractivity contribution in [1.82, 2.24) is 0 Å². The highest BCUT2D eigenvalue weighted by Gasteiger charge is 2.31. The summed E-state index contributed by atoms with van der Waals surface area (Å²) in [5, 5.41) is 2.54. The molecule has 5 unspecified atom stereocenters. The topological polar surface area (TPSA) is 6.48 Å². The summed E-state index contributed by atoms with van der Waals surface area (Å²) in [6.07, 6.45) is 29.9. The number of anilines is 3. The van der Waals surface area contributed by atoms with Crippen LogP contribution in [-0.4, -0.2) is 6.04 Å². The van der Waals surface area contributed by atoms with Gasteiger partial charge in [-0.2, -0.15) is 0 Å². The zero-order chi connectivity index (χ0) is 30.7. The largest absolute Gasteiger partial charge is 0.339 e. The molecule has 5 atom stereocenters. The molecule has 46 heavy (non-hydrogen) atoms. The van der Waals surface area contributed by atoms with Crippen molar-refractivity contribution in [3.8, 4) is 0 Å². The van der Waals surface area contributed by atoms with Crippen LogP contribution in [0.1, 0.15) is 32.1 Å². The van der Waals surface area contributed by atoms with Gasteiger partial charge in [0, 0.05) is 34.4 Å². The lowest BCUT2D eigenvalue weighted by Crippen LogP contribution is -2.37. The van der Waals surface area contributed by atoms with Gasteiger partial charge >= 0.3 is 0 Å². The number of fused-ring (bicyclic) bond motifs is 2. The van der Waals surface area contributed by atoms with Crippen LogP contribution in [0.4, 0.5) is 17.1 Å². The predicted molar refractivity (Wildman–Crippen MR) is 195 cm³/mol. The van der Waals surface area contributed by atoms with Gasteiger partial charge in [0.05, 0.1) is 6.04 Å². The Labute approximate surface area is 274 Å². The Hall–Kier alpha value is -4.82. The third-order valence-corrected chi connectivity index (χ3v) is 10.4. The molecule has 0 aromatic heterocycles. The zero-order valence-corrected chi connectivity index (χ0v) is 26.4. The maximum Gasteiger partial charge on any atom is 0.0519 e. The molecule has 4 aliphatic rings. The van der Waals surface area contributed by atoms with Crippen LogP contribution in [0.25, 0.3) is 10.8 Å². The summed E-state index contributed by atoms with van der Waals surface area (Å²) in [4.78, 5) is 5.05. The second-order valence-corrected chi connectivity index (χ2v) is 13.2. The van der Waals surface area contributed by atoms with Crippen LogP contribution < -0.4 is 9.80 Å². The molecule has 0 aliphatic heterocycles. The molecule has 4 aromatic carbocycles. The van der Waals surface area contributed by atoms with E-state index in [1.807, 2.05) is 0 Å². The molecule has 228 valence electrons. The van der Waals surface area contributed by atoms with Crippen molar-refractivity contribution in [3.63, 3.8) is 0 Å². The number of rotatable bonds is 7. The molecule has 0 spiro atoms. The van der Waals surface area contributed by atoms with Crippen molar-refractivity contribution in [1.29, 1.82) is 0 Å². The van der Waals surface area contributed by atoms with E-state index in [1.54, 1.807) is 0 Å². The molecule has 0 amide bonds. The normalized spacial score (nSPS) is 25.1. The molecule has 4 aromatic rings. The Morgan fingerprint density at radius 2 is 1.30 bits per heavy atom. The van der Waals surface area contributed by atoms with Crippen molar-refractivity contribution in [2.75, 3.05) is 9.80 Å². The van der Waals surface area contributed by atoms with Gasteiger partial charge in [0.2, 0.25) is 0 Å². The number of allylic oxidation sites excluding steroid dienone is 10. The number of benzene rings is 4. The Bertz CT molecular complexity index is 1860. The third kappa shape index (κ3) is 5.81. The van der Waals surface area contributed by atoms with Crippen LogP contribution in [-0.2, 0) is 0 Å². The van der Waals surface area contributed by atoms with Gasteiger partial charge in [-0.05, 0) is 103 Å². The molecule has 0 radical (unpaired) electrons. The highest BCUT2D eigenvalue weighted by molar-refractivity contribution is 5.88. The van der Waals surface area contributed by atoms with Crippen molar-refractivity contribution < 1.29 is 0 Å². The first kappa shape index (κ1) is 28.6. The molecule has 4 aliphatic carbocycles. The van der Waals surface area contributed by atoms with E-state index in [-0.39, 0.29) is 0 Å². The van der Waals surface area contributed by atoms with Gasteiger partial charge in [-0.1, -0.05) is 121 Å². The van der Waals surface area contributed by atoms with E-state index < -0.39 is 0 Å². The molecule has 0 N–H and O–H groups in total. The van der Waals surface area contributed by atoms with E-state index in [4.69, 9.17) is 0 Å². The molecule has 0 fully saturated rings. The molecular formula is C44H42N2. The van der Waals surface area contributed by atoms with Crippen molar-refractivity contribution in [2.24, 2.45) is 23.7 Å². The molecule has 0 saturated carbocycles. The molecule has 0 bridgehead atoms. The fraction of sp³-hybridized carbons (Fsp3) is 0.227. The first-order valence-electron chi connectivity index (χ1n) is 17.1. The summed E-state index contributed by atoms with van der Waals surface area (Å²) in [6, 6.07) is 37.7. The van der Waals surface area contributed by atoms with Gasteiger partial charge in [-0.15, -0.1) is 0 Å². The molecular weight excluding hydrogens is 556 g/mol. The van der Waals surface area contributed by atoms with Crippen molar-refractivity contribution >= 4 is 27.8 Å². The Kier molecular flexibility index (Phi) is 8.02. The van der Waals surface area contributed by atoms with Crippen LogP contribution in [0.5, 0.6) is 0 Å². The summed E-state index contributed by atoms with van der Waals surface area (Å²) in [6.45, 7) is 0. The average Bonchev–Trinajstić information content (AvgIpc) is 3.13. The van der Waals surface area contributed by atoms with E-state index in [0.717, 1.165) is 12.8 Å². The van der Waals surface area contributed by atoms with Crippen LogP contribution in [0.3, 0.4) is 0 Å². The van der Waals surface area contributed by atoms with Gasteiger partial charge in [0.1, 0.15) is 0 Å². The van der Waals surface area contributed by atoms with Crippen molar-refractivity contribution in [3.05, 3.63) is 175 Å². The minimum Gasteiger partial charge on any atom is -0.339 e. The molecule has 2 nitrogen and oxygen atoms in total. The van der Waals surface area contributed by atoms with Crippen LogP contribution in [0.2, 0.25) is 0 Å². The fourth-order valence-electron chi connectivity index (χ4n) is 7.97. The second kappa shape index (κ2) is 12.9. The van der Waals surface area contributed by atoms with Crippen LogP contribution >= 0.6 is 0 Å². The Morgan fingerprint density at radius 3 is 2.07 bits per heavy atom. The van der Waals surface area contributed by atoms with Crippen molar-refractivity contribution in [2.45, 2.75) is 38.1 Å². The molecule has 0 saturated heterocycles. The minimum atomic E-state index is 0.393. The summed E-state index contributed by atoms with van der Waals surface area (Å²) in [5.74, 6) is 2.24. The highest BCUT2D eigenvalue weighted by Crippen LogP contribution is 2.41. The third-order valence-electron chi connectivity index (χ3n) is 10.4. The average molecular weight is 599 g/mol. The quantitative estimate of drug-likeness (QED) is 0.195. The van der Waals surface area contributed by atoms with Crippen LogP contribution in [0.15, 0.2) is 175 Å². The number of hydrogen-bond acceptors (Lipinski definition) is 2. The summed E-state index contributed by atoms with van der Waals surface area (Å²) in [7, 11) is 0. The van der Waals surface area contributed by atoms with E-state index in [0.29, 0.717) is 29.7 Å². The number of nitrogens with zero attached hydrogens (tertiary/aromatic N) is 2. The lowest BCUT2D eigenvalue weighted by molar-refractivity contribution is 0.399. The molecule has 8 rings (SSSR count). The number of hydrogen-bond donors (Lipinski definition) is 0. The smallest absolute Gasteiger partial charge is 0.0519 e. The summed E-state index contributed by atoms with van der Waals surface area (Å²) < 4.78 is 0. The van der Waals surface area contributed by atoms with E-state index in [2.05, 4.69) is 174 Å². The summed E-state index contributed by atoms with van der Waals surface area (Å²) >= 11 is 0. The SMILES string of the molecule is C1=CC2C=C(N(c3ccccc3)C3C=CC(C4C=CC(N(c5ccccc5)c5ccc6ccccc6c5)=CC4)CC3)CCC2C=C1. The van der Waals surface area contributed by atoms with E-state index in [9.17, 15) is 0 Å². The van der Waals surface area contributed by atoms with Gasteiger partial charge < -0.3 is 9.80 Å². The van der Waals surface area contributed by atoms with E-state index in [1.165, 1.54) is 58.5 Å². The zero-order valence-electron chi connectivity index (χ0n) is 26.4. The van der Waals surface area contributed by atoms with E-state index >= 15 is 0 Å². The monoisotopic (exact) mass is 598 g/mol. The first-order valence-corrected chi connectivity index (χ1v) is 17.1. The number of para-hydroxylation sites is 2. The lowest BCUT2D eigenvalue weighted by atomic mass is 9.78. The Morgan fingerprint density at radius 1 is 0.543 bits per heavy atom. The predicted octanol–water partition coefficient (Wildman–Crippen LogP) is 11.3. The minimum absolute atomic E-state index is 0.393. The molecule has 2 heteroatoms. The van der Waals surface area contributed by atoms with Gasteiger partial charge in [-0.25, -0.2) is 0 Å². The summed E-state index contributed by atoms with van der Waals surface area (Å²) in [5.41, 5.74) is 6.44. The van der Waals surface area contributed by atoms with Gasteiger partial charge in [0.25, 0.3) is 0 Å². The standard InChI is InChI=1S/C44H42N2/c1-3-15-39(16-4-1)45(43-29-23-33-11-7-9-13-37(33)31-43)41-25-19-35(20-26-41)36-21-27-42(28-22-36)46(40-17-5-2-6-18-40)44-30-24-34-12-8-10-14-38(34)32-44/h1-19,21,23,25-27,29,31-32,34-36,38,42H,20,22,24,28,30H2. The maximum absolute atomic E-state index is 2.64. The Balaban J connectivity index is 1.02. The van der Waals surface area contributed by atoms with Gasteiger partial charge in [0.15, 0.2) is 0 Å². The highest BCUT2D eigenvalue weighted by atomic mass is 15.2. The maximum atomic E-state index is 2.64. The fourth-order valence-corrected chi connectivity index (χ4v) is 7.97. The van der Waals surface area contributed by atoms with Crippen LogP contribution in [0, 0.1) is 23.7 Å². The first-order chi connectivity index (χ1) is 22.8. The second-order valence-electron chi connectivity index (χ2n) is 13.2. The van der Waals surface area contributed by atoms with Gasteiger partial charge in [-0.3, -0.25) is 0 Å². The lowest BCUT2D eigenvalue weighted by Gasteiger charge is -2.41.